The van der Waals surface area contributed by atoms with E-state index in [-0.39, 0.29) is 0 Å². The van der Waals surface area contributed by atoms with Gasteiger partial charge in [-0.1, -0.05) is 127 Å². The Morgan fingerprint density at radius 1 is 0.333 bits per heavy atom. The summed E-state index contributed by atoms with van der Waals surface area (Å²) < 4.78 is 13.0. The van der Waals surface area contributed by atoms with Gasteiger partial charge in [-0.15, -0.1) is 0 Å². The minimum atomic E-state index is 0.859. The number of benzene rings is 8. The largest absolute Gasteiger partial charge is 0.456 e. The van der Waals surface area contributed by atoms with Crippen LogP contribution >= 0.6 is 0 Å². The van der Waals surface area contributed by atoms with E-state index in [1.807, 2.05) is 18.2 Å². The van der Waals surface area contributed by atoms with Gasteiger partial charge in [-0.05, 0) is 88.5 Å². The number of hydrogen-bond donors (Lipinski definition) is 0. The lowest BCUT2D eigenvalue weighted by Gasteiger charge is -2.27. The van der Waals surface area contributed by atoms with Crippen molar-refractivity contribution in [2.75, 3.05) is 4.90 Å². The maximum atomic E-state index is 6.84. The van der Waals surface area contributed by atoms with Crippen LogP contribution in [-0.4, -0.2) is 0 Å². The summed E-state index contributed by atoms with van der Waals surface area (Å²) in [6, 6.07) is 66.1. The second-order valence-electron chi connectivity index (χ2n) is 12.9. The molecule has 8 aromatic carbocycles. The van der Waals surface area contributed by atoms with Crippen LogP contribution in [0.3, 0.4) is 0 Å². The van der Waals surface area contributed by atoms with Gasteiger partial charge in [-0.25, -0.2) is 0 Å². The molecule has 0 saturated heterocycles. The molecule has 51 heavy (non-hydrogen) atoms. The van der Waals surface area contributed by atoms with Gasteiger partial charge in [0.2, 0.25) is 0 Å². The fourth-order valence-electron chi connectivity index (χ4n) is 7.51. The second-order valence-corrected chi connectivity index (χ2v) is 12.9. The Bertz CT molecular complexity index is 2850. The highest BCUT2D eigenvalue weighted by atomic mass is 16.3. The number of anilines is 3. The molecule has 0 saturated carbocycles. The molecule has 0 unspecified atom stereocenters. The lowest BCUT2D eigenvalue weighted by Crippen LogP contribution is -2.10. The molecule has 3 heteroatoms. The fraction of sp³-hybridized carbons (Fsp3) is 0. The zero-order chi connectivity index (χ0) is 33.7. The zero-order valence-corrected chi connectivity index (χ0v) is 27.7. The van der Waals surface area contributed by atoms with E-state index < -0.39 is 0 Å². The smallest absolute Gasteiger partial charge is 0.145 e. The molecule has 2 aromatic heterocycles. The van der Waals surface area contributed by atoms with E-state index in [0.29, 0.717) is 0 Å². The lowest BCUT2D eigenvalue weighted by molar-refractivity contribution is 0.669. The Balaban J connectivity index is 1.18. The van der Waals surface area contributed by atoms with E-state index in [2.05, 4.69) is 175 Å². The maximum absolute atomic E-state index is 6.84. The van der Waals surface area contributed by atoms with Crippen LogP contribution in [0.2, 0.25) is 0 Å². The van der Waals surface area contributed by atoms with Crippen molar-refractivity contribution in [1.29, 1.82) is 0 Å². The second kappa shape index (κ2) is 11.9. The lowest BCUT2D eigenvalue weighted by atomic mass is 9.92. The van der Waals surface area contributed by atoms with Crippen LogP contribution in [0.5, 0.6) is 0 Å². The molecule has 0 aliphatic heterocycles. The maximum Gasteiger partial charge on any atom is 0.145 e. The molecule has 10 aromatic rings. The van der Waals surface area contributed by atoms with Crippen molar-refractivity contribution in [3.63, 3.8) is 0 Å². The van der Waals surface area contributed by atoms with Crippen LogP contribution in [0.15, 0.2) is 197 Å². The van der Waals surface area contributed by atoms with Gasteiger partial charge < -0.3 is 13.7 Å². The molecule has 0 atom stereocenters. The van der Waals surface area contributed by atoms with Crippen molar-refractivity contribution >= 4 is 60.9 Å². The summed E-state index contributed by atoms with van der Waals surface area (Å²) in [5, 5.41) is 4.38. The van der Waals surface area contributed by atoms with Crippen LogP contribution in [-0.2, 0) is 0 Å². The molecule has 0 radical (unpaired) electrons. The van der Waals surface area contributed by atoms with Gasteiger partial charge in [0.15, 0.2) is 0 Å². The zero-order valence-electron chi connectivity index (χ0n) is 27.7. The van der Waals surface area contributed by atoms with Gasteiger partial charge in [-0.3, -0.25) is 0 Å². The molecule has 0 bridgehead atoms. The Kier molecular flexibility index (Phi) is 6.81. The predicted octanol–water partition coefficient (Wildman–Crippen LogP) is 14.0. The highest BCUT2D eigenvalue weighted by molar-refractivity contribution is 6.18. The summed E-state index contributed by atoms with van der Waals surface area (Å²) in [5.41, 5.74) is 13.5. The minimum Gasteiger partial charge on any atom is -0.456 e. The first-order valence-corrected chi connectivity index (χ1v) is 17.3. The number of furan rings is 2. The van der Waals surface area contributed by atoms with Gasteiger partial charge in [0.25, 0.3) is 0 Å². The number of nitrogens with zero attached hydrogens (tertiary/aromatic N) is 1. The molecule has 0 N–H and O–H groups in total. The molecule has 240 valence electrons. The topological polar surface area (TPSA) is 29.5 Å². The monoisotopic (exact) mass is 653 g/mol. The molecule has 2 heterocycles. The minimum absolute atomic E-state index is 0.859. The quantitative estimate of drug-likeness (QED) is 0.179. The van der Waals surface area contributed by atoms with Crippen LogP contribution < -0.4 is 4.90 Å². The summed E-state index contributed by atoms with van der Waals surface area (Å²) in [4.78, 5) is 2.34. The van der Waals surface area contributed by atoms with Crippen molar-refractivity contribution in [3.05, 3.63) is 188 Å². The molecule has 10 rings (SSSR count). The summed E-state index contributed by atoms with van der Waals surface area (Å²) in [6.45, 7) is 0. The first-order valence-electron chi connectivity index (χ1n) is 17.3. The first kappa shape index (κ1) is 29.1. The molecule has 0 aliphatic rings. The summed E-state index contributed by atoms with van der Waals surface area (Å²) in [6.07, 6.45) is 0. The third-order valence-electron chi connectivity index (χ3n) is 9.90. The summed E-state index contributed by atoms with van der Waals surface area (Å²) >= 11 is 0. The highest BCUT2D eigenvalue weighted by Crippen LogP contribution is 2.47. The van der Waals surface area contributed by atoms with E-state index in [1.54, 1.807) is 0 Å². The van der Waals surface area contributed by atoms with E-state index >= 15 is 0 Å². The molecule has 0 fully saturated rings. The SMILES string of the molecule is c1ccc(-c2ccc(N(c3ccccc3)c3ccc(-c4ccccc4-c4ccc5oc6ccccc6c5c4)c4oc5ccccc5c34)cc2)cc1. The average molecular weight is 654 g/mol. The van der Waals surface area contributed by atoms with Crippen molar-refractivity contribution in [3.8, 4) is 33.4 Å². The summed E-state index contributed by atoms with van der Waals surface area (Å²) in [7, 11) is 0. The molecule has 0 spiro atoms. The molecule has 3 nitrogen and oxygen atoms in total. The van der Waals surface area contributed by atoms with Crippen LogP contribution in [0.4, 0.5) is 17.1 Å². The highest BCUT2D eigenvalue weighted by Gasteiger charge is 2.23. The molecule has 0 aliphatic carbocycles. The number of para-hydroxylation sites is 3. The third-order valence-corrected chi connectivity index (χ3v) is 9.90. The number of fused-ring (bicyclic) bond motifs is 6. The van der Waals surface area contributed by atoms with E-state index in [0.717, 1.165) is 83.2 Å². The van der Waals surface area contributed by atoms with Crippen LogP contribution in [0.1, 0.15) is 0 Å². The third kappa shape index (κ3) is 4.90. The fourth-order valence-corrected chi connectivity index (χ4v) is 7.51. The van der Waals surface area contributed by atoms with Crippen molar-refractivity contribution in [2.24, 2.45) is 0 Å². The average Bonchev–Trinajstić information content (AvgIpc) is 3.78. The van der Waals surface area contributed by atoms with Gasteiger partial charge >= 0.3 is 0 Å². The molecular weight excluding hydrogens is 623 g/mol. The predicted molar refractivity (Wildman–Crippen MR) is 212 cm³/mol. The van der Waals surface area contributed by atoms with E-state index in [1.165, 1.54) is 11.1 Å². The van der Waals surface area contributed by atoms with Crippen molar-refractivity contribution < 1.29 is 8.83 Å². The molecule has 0 amide bonds. The summed E-state index contributed by atoms with van der Waals surface area (Å²) in [5.74, 6) is 0. The first-order chi connectivity index (χ1) is 25.3. The van der Waals surface area contributed by atoms with Gasteiger partial charge in [-0.2, -0.15) is 0 Å². The van der Waals surface area contributed by atoms with Gasteiger partial charge in [0, 0.05) is 33.1 Å². The Labute approximate surface area is 295 Å². The van der Waals surface area contributed by atoms with Crippen molar-refractivity contribution in [2.45, 2.75) is 0 Å². The number of rotatable bonds is 6. The van der Waals surface area contributed by atoms with Crippen molar-refractivity contribution in [1.82, 2.24) is 0 Å². The van der Waals surface area contributed by atoms with E-state index in [9.17, 15) is 0 Å². The van der Waals surface area contributed by atoms with E-state index in [4.69, 9.17) is 8.83 Å². The van der Waals surface area contributed by atoms with Gasteiger partial charge in [0.1, 0.15) is 22.3 Å². The standard InChI is InChI=1S/C48H31NO2/c1-3-13-32(14-4-1)33-23-26-36(27-24-33)49(35-15-5-2-6-16-35)43-29-28-40(48-47(43)41-20-10-12-22-45(41)51-48)38-18-8-7-17-37(38)34-25-30-46-42(31-34)39-19-9-11-21-44(39)50-46/h1-31H. The Morgan fingerprint density at radius 2 is 0.902 bits per heavy atom. The van der Waals surface area contributed by atoms with Gasteiger partial charge in [0.05, 0.1) is 11.1 Å². The Morgan fingerprint density at radius 3 is 1.69 bits per heavy atom. The Hall–Kier alpha value is -6.84. The van der Waals surface area contributed by atoms with Crippen LogP contribution in [0, 0.1) is 0 Å². The van der Waals surface area contributed by atoms with Crippen LogP contribution in [0.25, 0.3) is 77.3 Å². The number of hydrogen-bond acceptors (Lipinski definition) is 3. The molecular formula is C48H31NO2. The normalized spacial score (nSPS) is 11.5.